The molecule has 1 atom stereocenters. The van der Waals surface area contributed by atoms with E-state index in [0.717, 1.165) is 27.4 Å². The molecule has 1 unspecified atom stereocenters. The number of carbonyl (C=O) groups excluding carboxylic acids is 1. The zero-order valence-corrected chi connectivity index (χ0v) is 19.0. The topological polar surface area (TPSA) is 75.7 Å². The van der Waals surface area contributed by atoms with E-state index in [1.165, 1.54) is 25.1 Å². The minimum absolute atomic E-state index is 0.221. The molecule has 158 valence electrons. The molecule has 0 radical (unpaired) electrons. The highest BCUT2D eigenvalue weighted by Gasteiger charge is 2.29. The van der Waals surface area contributed by atoms with Crippen molar-refractivity contribution < 1.29 is 17.9 Å². The summed E-state index contributed by atoms with van der Waals surface area (Å²) in [6.45, 7) is 5.93. The van der Waals surface area contributed by atoms with Gasteiger partial charge in [-0.15, -0.1) is 0 Å². The lowest BCUT2D eigenvalue weighted by molar-refractivity contribution is -0.121. The van der Waals surface area contributed by atoms with Gasteiger partial charge < -0.3 is 10.1 Å². The third-order valence-electron chi connectivity index (χ3n) is 4.06. The van der Waals surface area contributed by atoms with Crippen LogP contribution in [0, 0.1) is 13.8 Å². The van der Waals surface area contributed by atoms with E-state index in [1.807, 2.05) is 32.0 Å². The first kappa shape index (κ1) is 23.3. The minimum atomic E-state index is -3.75. The summed E-state index contributed by atoms with van der Waals surface area (Å²) in [5.41, 5.74) is 2.39. The van der Waals surface area contributed by atoms with Gasteiger partial charge in [0.05, 0.1) is 18.5 Å². The average Bonchev–Trinajstić information content (AvgIpc) is 2.55. The molecule has 29 heavy (non-hydrogen) atoms. The van der Waals surface area contributed by atoms with Gasteiger partial charge >= 0.3 is 0 Å². The number of nitrogens with one attached hydrogen (secondary N) is 1. The van der Waals surface area contributed by atoms with E-state index in [9.17, 15) is 13.2 Å². The van der Waals surface area contributed by atoms with Gasteiger partial charge in [-0.05, 0) is 62.2 Å². The number of halogens is 2. The van der Waals surface area contributed by atoms with Crippen LogP contribution >= 0.6 is 23.2 Å². The van der Waals surface area contributed by atoms with Crippen molar-refractivity contribution in [3.63, 3.8) is 0 Å². The number of anilines is 1. The van der Waals surface area contributed by atoms with E-state index >= 15 is 0 Å². The third-order valence-corrected chi connectivity index (χ3v) is 5.73. The molecule has 0 heterocycles. The molecule has 1 amide bonds. The molecule has 0 fully saturated rings. The van der Waals surface area contributed by atoms with Gasteiger partial charge in [0.1, 0.15) is 18.4 Å². The molecule has 0 saturated carbocycles. The summed E-state index contributed by atoms with van der Waals surface area (Å²) in [7, 11) is -3.75. The summed E-state index contributed by atoms with van der Waals surface area (Å²) in [6, 6.07) is 9.24. The molecule has 0 aromatic heterocycles. The number of carbonyl (C=O) groups is 1. The van der Waals surface area contributed by atoms with Crippen molar-refractivity contribution in [3.05, 3.63) is 57.6 Å². The zero-order valence-electron chi connectivity index (χ0n) is 16.7. The number of hydrogen-bond acceptors (Lipinski definition) is 4. The Morgan fingerprint density at radius 1 is 1.07 bits per heavy atom. The predicted molar refractivity (Wildman–Crippen MR) is 118 cm³/mol. The summed E-state index contributed by atoms with van der Waals surface area (Å²) >= 11 is 12.0. The second kappa shape index (κ2) is 9.69. The van der Waals surface area contributed by atoms with Crippen LogP contribution in [0.15, 0.2) is 36.4 Å². The number of nitrogens with zero attached hydrogens (tertiary/aromatic N) is 1. The Hall–Kier alpha value is -1.96. The van der Waals surface area contributed by atoms with Crippen LogP contribution < -0.4 is 14.4 Å². The van der Waals surface area contributed by atoms with Gasteiger partial charge in [-0.2, -0.15) is 0 Å². The van der Waals surface area contributed by atoms with Gasteiger partial charge in [-0.1, -0.05) is 29.3 Å². The fourth-order valence-corrected chi connectivity index (χ4v) is 4.66. The van der Waals surface area contributed by atoms with Crippen molar-refractivity contribution in [3.8, 4) is 5.75 Å². The van der Waals surface area contributed by atoms with Crippen molar-refractivity contribution in [2.45, 2.75) is 26.8 Å². The zero-order chi connectivity index (χ0) is 21.8. The number of rotatable bonds is 8. The van der Waals surface area contributed by atoms with E-state index in [2.05, 4.69) is 5.32 Å². The molecule has 2 aromatic rings. The standard InChI is InChI=1S/C20H24Cl2N2O4S/c1-13-7-14(2)9-19(8-13)28-6-5-23-20(25)15(3)24(29(4,26)27)18-11-16(21)10-17(22)12-18/h7-12,15H,5-6H2,1-4H3,(H,23,25). The van der Waals surface area contributed by atoms with E-state index in [-0.39, 0.29) is 28.9 Å². The quantitative estimate of drug-likeness (QED) is 0.607. The first-order chi connectivity index (χ1) is 13.5. The van der Waals surface area contributed by atoms with Crippen molar-refractivity contribution >= 4 is 44.8 Å². The average molecular weight is 459 g/mol. The summed E-state index contributed by atoms with van der Waals surface area (Å²) in [5, 5.41) is 3.24. The lowest BCUT2D eigenvalue weighted by Crippen LogP contribution is -2.48. The third kappa shape index (κ3) is 6.80. The normalized spacial score (nSPS) is 12.3. The van der Waals surface area contributed by atoms with Crippen LogP contribution in [0.1, 0.15) is 18.1 Å². The Kier molecular flexibility index (Phi) is 7.80. The van der Waals surface area contributed by atoms with Gasteiger partial charge in [0.2, 0.25) is 15.9 Å². The largest absolute Gasteiger partial charge is 0.492 e. The lowest BCUT2D eigenvalue weighted by Gasteiger charge is -2.28. The fourth-order valence-electron chi connectivity index (χ4n) is 2.98. The molecule has 2 aromatic carbocycles. The fraction of sp³-hybridized carbons (Fsp3) is 0.350. The minimum Gasteiger partial charge on any atom is -0.492 e. The summed E-state index contributed by atoms with van der Waals surface area (Å²) in [5.74, 6) is 0.256. The Morgan fingerprint density at radius 3 is 2.14 bits per heavy atom. The second-order valence-electron chi connectivity index (χ2n) is 6.83. The maximum Gasteiger partial charge on any atom is 0.243 e. The Labute approximate surface area is 181 Å². The van der Waals surface area contributed by atoms with Crippen LogP contribution in [0.25, 0.3) is 0 Å². The van der Waals surface area contributed by atoms with Gasteiger partial charge in [0, 0.05) is 10.0 Å². The summed E-state index contributed by atoms with van der Waals surface area (Å²) in [4.78, 5) is 12.6. The first-order valence-corrected chi connectivity index (χ1v) is 11.5. The number of ether oxygens (including phenoxy) is 1. The second-order valence-corrected chi connectivity index (χ2v) is 9.56. The Bertz CT molecular complexity index is 955. The summed E-state index contributed by atoms with van der Waals surface area (Å²) in [6.07, 6.45) is 1.02. The number of benzene rings is 2. The molecule has 0 spiro atoms. The van der Waals surface area contributed by atoms with Crippen LogP contribution in [0.5, 0.6) is 5.75 Å². The molecule has 0 aliphatic rings. The smallest absolute Gasteiger partial charge is 0.243 e. The van der Waals surface area contributed by atoms with E-state index in [1.54, 1.807) is 0 Å². The monoisotopic (exact) mass is 458 g/mol. The van der Waals surface area contributed by atoms with Crippen molar-refractivity contribution in [2.24, 2.45) is 0 Å². The van der Waals surface area contributed by atoms with E-state index < -0.39 is 22.0 Å². The van der Waals surface area contributed by atoms with E-state index in [4.69, 9.17) is 27.9 Å². The lowest BCUT2D eigenvalue weighted by atomic mass is 10.1. The molecule has 9 heteroatoms. The number of aryl methyl sites for hydroxylation is 2. The van der Waals surface area contributed by atoms with Crippen LogP contribution in [-0.4, -0.2) is 39.8 Å². The molecule has 0 aliphatic carbocycles. The van der Waals surface area contributed by atoms with Crippen LogP contribution in [0.4, 0.5) is 5.69 Å². The van der Waals surface area contributed by atoms with Crippen molar-refractivity contribution in [1.29, 1.82) is 0 Å². The highest BCUT2D eigenvalue weighted by Crippen LogP contribution is 2.28. The van der Waals surface area contributed by atoms with Gasteiger partial charge in [-0.3, -0.25) is 9.10 Å². The molecular formula is C20H24Cl2N2O4S. The molecule has 2 rings (SSSR count). The van der Waals surface area contributed by atoms with E-state index in [0.29, 0.717) is 0 Å². The molecular weight excluding hydrogens is 435 g/mol. The molecule has 0 saturated heterocycles. The highest BCUT2D eigenvalue weighted by molar-refractivity contribution is 7.92. The van der Waals surface area contributed by atoms with Crippen molar-refractivity contribution in [2.75, 3.05) is 23.7 Å². The first-order valence-electron chi connectivity index (χ1n) is 8.91. The Morgan fingerprint density at radius 2 is 1.62 bits per heavy atom. The molecule has 0 aliphatic heterocycles. The van der Waals surface area contributed by atoms with Crippen LogP contribution in [-0.2, 0) is 14.8 Å². The van der Waals surface area contributed by atoms with Crippen LogP contribution in [0.3, 0.4) is 0 Å². The number of hydrogen-bond donors (Lipinski definition) is 1. The highest BCUT2D eigenvalue weighted by atomic mass is 35.5. The Balaban J connectivity index is 2.03. The molecule has 1 N–H and O–H groups in total. The van der Waals surface area contributed by atoms with Gasteiger partial charge in [0.25, 0.3) is 0 Å². The molecule has 0 bridgehead atoms. The molecule has 6 nitrogen and oxygen atoms in total. The predicted octanol–water partition coefficient (Wildman–Crippen LogP) is 3.96. The number of amides is 1. The summed E-state index contributed by atoms with van der Waals surface area (Å²) < 4.78 is 31.3. The number of sulfonamides is 1. The van der Waals surface area contributed by atoms with Crippen LogP contribution in [0.2, 0.25) is 10.0 Å². The SMILES string of the molecule is Cc1cc(C)cc(OCCNC(=O)C(C)N(c2cc(Cl)cc(Cl)c2)S(C)(=O)=O)c1. The van der Waals surface area contributed by atoms with Gasteiger partial charge in [0.15, 0.2) is 0 Å². The maximum absolute atomic E-state index is 12.6. The van der Waals surface area contributed by atoms with Gasteiger partial charge in [-0.25, -0.2) is 8.42 Å². The van der Waals surface area contributed by atoms with Crippen molar-refractivity contribution in [1.82, 2.24) is 5.32 Å². The maximum atomic E-state index is 12.6.